The second-order valence-electron chi connectivity index (χ2n) is 13.4. The van der Waals surface area contributed by atoms with Crippen LogP contribution in [0.4, 0.5) is 28.4 Å². The number of fused-ring (bicyclic) bond motifs is 2. The van der Waals surface area contributed by atoms with Crippen LogP contribution in [0.15, 0.2) is 149 Å². The van der Waals surface area contributed by atoms with Gasteiger partial charge in [0, 0.05) is 16.6 Å². The number of carbonyl (C=O) groups excluding carboxylic acids is 1. The van der Waals surface area contributed by atoms with E-state index in [4.69, 9.17) is 0 Å². The van der Waals surface area contributed by atoms with Crippen molar-refractivity contribution < 1.29 is 229 Å². The zero-order valence-corrected chi connectivity index (χ0v) is 49.5. The molecule has 71 heavy (non-hydrogen) atoms. The number of nitrogens with one attached hydrogen (secondary N) is 1. The summed E-state index contributed by atoms with van der Waals surface area (Å²) in [6.45, 7) is 0. The molecule has 32 heteroatoms. The van der Waals surface area contributed by atoms with E-state index in [2.05, 4.69) is 25.8 Å². The Morgan fingerprint density at radius 3 is 1.25 bits per heavy atom. The first-order valence-corrected chi connectivity index (χ1v) is 23.2. The van der Waals surface area contributed by atoms with Crippen molar-refractivity contribution in [3.8, 4) is 34.1 Å². The summed E-state index contributed by atoms with van der Waals surface area (Å²) in [4.78, 5) is 7.97. The van der Waals surface area contributed by atoms with Gasteiger partial charge in [0.15, 0.2) is 0 Å². The van der Waals surface area contributed by atoms with Crippen molar-refractivity contribution in [1.29, 1.82) is 0 Å². The van der Waals surface area contributed by atoms with Crippen molar-refractivity contribution in [2.45, 2.75) is 19.6 Å². The van der Waals surface area contributed by atoms with Gasteiger partial charge in [0.05, 0.1) is 42.3 Å². The molecule has 0 aliphatic heterocycles. The molecule has 0 atom stereocenters. The molecule has 22 nitrogen and oxygen atoms in total. The number of anilines is 1. The van der Waals surface area contributed by atoms with Crippen molar-refractivity contribution in [3.05, 3.63) is 115 Å². The van der Waals surface area contributed by atoms with Crippen molar-refractivity contribution in [2.75, 3.05) is 5.32 Å². The first-order chi connectivity index (χ1) is 30.3. The first-order valence-electron chi connectivity index (χ1n) is 17.6. The van der Waals surface area contributed by atoms with E-state index in [0.29, 0.717) is 24.3 Å². The SMILES string of the molecule is O=C(Nc1cc(S(=O)(=O)[O-])c2c([O-])c(N=Nc3ccc(-c4ccc(N=Nc5cc(S(=O)(=O)[O-])c6cccc(S(=O)(=O)[O-])c6c5[O-])c([O-])c4)cc3[O-])cc(S(=O)(=O)[O-])c2c1)c1ccccc1.[Cu+2].[Cu+2].[Na+].[Na+].[Na+].[Na+]. The van der Waals surface area contributed by atoms with E-state index in [1.165, 1.54) is 36.4 Å². The number of carbonyl (C=O) groups is 1. The molecule has 2 radical (unpaired) electrons. The minimum atomic E-state index is -5.63. The van der Waals surface area contributed by atoms with Crippen LogP contribution in [0.2, 0.25) is 0 Å². The van der Waals surface area contributed by atoms with Gasteiger partial charge in [0.1, 0.15) is 40.5 Å². The van der Waals surface area contributed by atoms with Crippen molar-refractivity contribution >= 4 is 96.4 Å². The standard InChI is InChI=1S/C39H27N5O17S4.2Cu.4Na/c45-29-13-20(9-11-25(29)41-43-27-17-32(63(53,54)55)23-7-4-8-31(62(50,51)52)35(23)37(27)47)21-10-12-26(30(46)14-21)42-44-28-18-33(64(56,57)58)24-15-22(40-39(49)19-5-2-1-3-6-19)16-34(65(59,60)61)36(24)38(28)48;;;;;;/h1-18,45-48H,(H,40,49)(H,50,51,52)(H,53,54,55)(H,56,57,58)(H,59,60,61);;;;;;/q;2*+2;4*+1/p-8. The average Bonchev–Trinajstić information content (AvgIpc) is 3.22. The van der Waals surface area contributed by atoms with Gasteiger partial charge in [0.2, 0.25) is 0 Å². The molecular weight excluding hydrogens is 1160 g/mol. The van der Waals surface area contributed by atoms with E-state index in [1.807, 2.05) is 0 Å². The molecule has 1 N–H and O–H groups in total. The van der Waals surface area contributed by atoms with Crippen molar-refractivity contribution in [3.63, 3.8) is 0 Å². The van der Waals surface area contributed by atoms with E-state index in [1.54, 1.807) is 6.07 Å². The monoisotopic (exact) mass is 1170 g/mol. The summed E-state index contributed by atoms with van der Waals surface area (Å²) in [5, 5.41) is 66.0. The molecule has 7 aromatic carbocycles. The maximum atomic E-state index is 13.6. The Labute approximate surface area is 513 Å². The molecule has 0 unspecified atom stereocenters. The van der Waals surface area contributed by atoms with Crippen molar-refractivity contribution in [1.82, 2.24) is 0 Å². The second-order valence-corrected chi connectivity index (χ2v) is 18.8. The number of benzene rings is 7. The summed E-state index contributed by atoms with van der Waals surface area (Å²) in [7, 11) is -22.0. The van der Waals surface area contributed by atoms with Crippen LogP contribution in [-0.2, 0) is 74.6 Å². The average molecular weight is 1180 g/mol. The molecular formula is C39H19Cu2N5Na4O17S4. The van der Waals surface area contributed by atoms with Gasteiger partial charge in [-0.3, -0.25) is 4.79 Å². The van der Waals surface area contributed by atoms with Gasteiger partial charge in [0.25, 0.3) is 5.91 Å². The van der Waals surface area contributed by atoms with Crippen molar-refractivity contribution in [2.24, 2.45) is 20.5 Å². The Balaban J connectivity index is 0.00000420. The third-order valence-corrected chi connectivity index (χ3v) is 12.8. The molecule has 0 saturated carbocycles. The predicted molar refractivity (Wildman–Crippen MR) is 212 cm³/mol. The molecule has 352 valence electrons. The summed E-state index contributed by atoms with van der Waals surface area (Å²) in [6.07, 6.45) is 0. The quantitative estimate of drug-likeness (QED) is 0.0714. The molecule has 0 fully saturated rings. The van der Waals surface area contributed by atoms with Crippen LogP contribution < -0.4 is 144 Å². The molecule has 0 aliphatic carbocycles. The minimum Gasteiger partial charge on any atom is -0.871 e. The molecule has 0 bridgehead atoms. The maximum absolute atomic E-state index is 13.6. The van der Waals surface area contributed by atoms with E-state index in [9.17, 15) is 77.1 Å². The predicted octanol–water partition coefficient (Wildman–Crippen LogP) is -8.34. The fraction of sp³-hybridized carbons (Fsp3) is 0. The normalized spacial score (nSPS) is 11.6. The third kappa shape index (κ3) is 14.9. The van der Waals surface area contributed by atoms with E-state index >= 15 is 0 Å². The molecule has 7 rings (SSSR count). The number of azo groups is 2. The first kappa shape index (κ1) is 66.6. The topological polar surface area (TPSA) is 400 Å². The largest absolute Gasteiger partial charge is 2.00 e. The smallest absolute Gasteiger partial charge is 0.871 e. The molecule has 0 aromatic heterocycles. The third-order valence-electron chi connectivity index (χ3n) is 9.27. The van der Waals surface area contributed by atoms with E-state index in [0.717, 1.165) is 42.5 Å². The zero-order chi connectivity index (χ0) is 47.4. The maximum Gasteiger partial charge on any atom is 2.00 e. The summed E-state index contributed by atoms with van der Waals surface area (Å²) >= 11 is 0. The van der Waals surface area contributed by atoms with Crippen LogP contribution in [-0.4, -0.2) is 57.8 Å². The van der Waals surface area contributed by atoms with Crippen LogP contribution in [0, 0.1) is 0 Å². The number of nitrogens with zero attached hydrogens (tertiary/aromatic N) is 4. The number of hydrogen-bond acceptors (Lipinski definition) is 21. The fourth-order valence-corrected chi connectivity index (χ4v) is 9.21. The Morgan fingerprint density at radius 1 is 0.423 bits per heavy atom. The summed E-state index contributed by atoms with van der Waals surface area (Å²) in [6, 6.07) is 18.7. The number of hydrogen-bond donors (Lipinski definition) is 1. The van der Waals surface area contributed by atoms with Gasteiger partial charge >= 0.3 is 152 Å². The van der Waals surface area contributed by atoms with Gasteiger partial charge in [-0.15, -0.1) is 0 Å². The van der Waals surface area contributed by atoms with Gasteiger partial charge in [-0.1, -0.05) is 77.6 Å². The number of rotatable bonds is 11. The fourth-order valence-electron chi connectivity index (χ4n) is 6.41. The Bertz CT molecular complexity index is 3730. The molecule has 1 amide bonds. The van der Waals surface area contributed by atoms with Crippen LogP contribution in [0.5, 0.6) is 23.0 Å². The summed E-state index contributed by atoms with van der Waals surface area (Å²) < 4.78 is 146. The van der Waals surface area contributed by atoms with Crippen LogP contribution in [0.1, 0.15) is 10.4 Å². The van der Waals surface area contributed by atoms with Gasteiger partial charge in [-0.2, -0.15) is 20.5 Å². The van der Waals surface area contributed by atoms with Gasteiger partial charge in [-0.25, -0.2) is 33.7 Å². The zero-order valence-electron chi connectivity index (χ0n) is 36.4. The molecule has 0 saturated heterocycles. The van der Waals surface area contributed by atoms with Gasteiger partial charge < -0.3 is 44.0 Å². The molecule has 7 aromatic rings. The van der Waals surface area contributed by atoms with Crippen LogP contribution >= 0.6 is 0 Å². The second kappa shape index (κ2) is 25.9. The molecule has 0 spiro atoms. The Kier molecular flexibility index (Phi) is 24.3. The number of amides is 1. The van der Waals surface area contributed by atoms with Crippen LogP contribution in [0.3, 0.4) is 0 Å². The van der Waals surface area contributed by atoms with E-state index < -0.39 is 139 Å². The van der Waals surface area contributed by atoms with E-state index in [-0.39, 0.29) is 169 Å². The minimum absolute atomic E-state index is 0. The van der Waals surface area contributed by atoms with Crippen LogP contribution in [0.25, 0.3) is 32.7 Å². The molecule has 0 heterocycles. The Hall–Kier alpha value is -2.39. The summed E-state index contributed by atoms with van der Waals surface area (Å²) in [5.74, 6) is -5.36. The van der Waals surface area contributed by atoms with Gasteiger partial charge in [-0.05, 0) is 81.9 Å². The Morgan fingerprint density at radius 2 is 0.831 bits per heavy atom. The molecule has 0 aliphatic rings. The summed E-state index contributed by atoms with van der Waals surface area (Å²) in [5.41, 5.74) is -3.17.